The van der Waals surface area contributed by atoms with Crippen molar-refractivity contribution in [3.63, 3.8) is 0 Å². The zero-order valence-electron chi connectivity index (χ0n) is 84.1. The summed E-state index contributed by atoms with van der Waals surface area (Å²) in [5.41, 5.74) is 14.5. The summed E-state index contributed by atoms with van der Waals surface area (Å²) in [5, 5.41) is 58.4. The summed E-state index contributed by atoms with van der Waals surface area (Å²) in [6.45, 7) is 62.2. The molecule has 4 heterocycles. The molecule has 28 nitrogen and oxygen atoms in total. The minimum absolute atomic E-state index is 0.00713. The first kappa shape index (κ1) is 110. The molecule has 0 bridgehead atoms. The monoisotopic (exact) mass is 1830 g/mol. The first-order valence-corrected chi connectivity index (χ1v) is 45.9. The largest absolute Gasteiger partial charge is 0.511 e. The van der Waals surface area contributed by atoms with Crippen LogP contribution in [0.15, 0.2) is 121 Å². The predicted octanol–water partition coefficient (Wildman–Crippen LogP) is 25.1. The number of nitriles is 4. The van der Waals surface area contributed by atoms with Gasteiger partial charge < -0.3 is 56.8 Å². The van der Waals surface area contributed by atoms with Crippen molar-refractivity contribution >= 4 is 70.0 Å². The van der Waals surface area contributed by atoms with E-state index in [2.05, 4.69) is 135 Å². The molecule has 133 heavy (non-hydrogen) atoms. The molecular weight excluding hydrogens is 1690 g/mol. The van der Waals surface area contributed by atoms with Gasteiger partial charge in [-0.05, 0) is 178 Å². The Bertz CT molecular complexity index is 5410. The Balaban J connectivity index is 0.000000314. The third-order valence-electron chi connectivity index (χ3n) is 20.5. The molecular formula is C105H142N12O16. The van der Waals surface area contributed by atoms with Crippen molar-refractivity contribution in [3.8, 4) is 24.3 Å². The fourth-order valence-corrected chi connectivity index (χ4v) is 13.1. The fraction of sp³-hybridized carbons (Fsp3) is 0.505. The zero-order valence-corrected chi connectivity index (χ0v) is 84.1. The molecule has 5 atom stereocenters. The smallest absolute Gasteiger partial charge is 0.451 e. The Morgan fingerprint density at radius 2 is 0.556 bits per heavy atom. The highest BCUT2D eigenvalue weighted by Crippen LogP contribution is 2.38. The molecule has 0 radical (unpaired) electrons. The Morgan fingerprint density at radius 3 is 0.767 bits per heavy atom. The maximum absolute atomic E-state index is 12.1. The summed E-state index contributed by atoms with van der Waals surface area (Å²) in [5.74, 6) is 1.39. The Kier molecular flexibility index (Phi) is 43.4. The summed E-state index contributed by atoms with van der Waals surface area (Å²) in [6, 6.07) is 47.9. The molecule has 718 valence electrons. The number of rotatable bonds is 35. The fourth-order valence-electron chi connectivity index (χ4n) is 13.1. The van der Waals surface area contributed by atoms with Crippen molar-refractivity contribution in [3.05, 3.63) is 211 Å². The van der Waals surface area contributed by atoms with Gasteiger partial charge in [-0.1, -0.05) is 234 Å². The normalized spacial score (nSPS) is 13.3. The van der Waals surface area contributed by atoms with Crippen molar-refractivity contribution in [1.82, 2.24) is 39.1 Å². The molecule has 28 heteroatoms. The maximum Gasteiger partial charge on any atom is 0.511 e. The van der Waals surface area contributed by atoms with Gasteiger partial charge in [0.05, 0.1) is 42.6 Å². The van der Waals surface area contributed by atoms with Gasteiger partial charge in [0.2, 0.25) is 25.2 Å². The van der Waals surface area contributed by atoms with Crippen LogP contribution in [0.5, 0.6) is 0 Å². The van der Waals surface area contributed by atoms with E-state index in [0.29, 0.717) is 130 Å². The number of carbonyl (C=O) groups is 4. The summed E-state index contributed by atoms with van der Waals surface area (Å²) in [4.78, 5) is 48.2. The Hall–Kier alpha value is -13.1. The lowest BCUT2D eigenvalue weighted by Gasteiger charge is -2.21. The second-order valence-electron chi connectivity index (χ2n) is 36.5. The van der Waals surface area contributed by atoms with Crippen molar-refractivity contribution in [2.24, 2.45) is 5.92 Å². The van der Waals surface area contributed by atoms with Crippen LogP contribution in [0.1, 0.15) is 309 Å². The Labute approximate surface area is 788 Å². The molecule has 4 aromatic heterocycles. The van der Waals surface area contributed by atoms with Crippen LogP contribution in [-0.2, 0) is 105 Å². The van der Waals surface area contributed by atoms with Crippen LogP contribution in [0.3, 0.4) is 0 Å². The van der Waals surface area contributed by atoms with Gasteiger partial charge in [-0.25, -0.2) is 19.2 Å². The SMILES string of the molecule is CCC(C)OC(=O)OC(C)O/C(=C(/C#N)c1ccc(C(C)(C)C)cc1)c1cc(C)nn1CC.CCCCCOC(=O)OC(C)O/C(=C(/C#N)c1ccc(C(C)(C)C)cc1)c1cc(C)nn1CC.CCCCOC(=O)OC(C)O/C(=C(/C#N)c1ccc(C(C)(C)C)cc1)c1cc(C)nn1CC.CCn1nc(C)cc1/C(OC(C)OC(=O)OCC(C)C)=C(\C#N)c1ccc(C(C)(C)C)cc1. The number of aromatic nitrogens is 8. The second-order valence-corrected chi connectivity index (χ2v) is 36.5. The second kappa shape index (κ2) is 52.2. The van der Waals surface area contributed by atoms with Crippen molar-refractivity contribution < 1.29 is 76.0 Å². The van der Waals surface area contributed by atoms with E-state index in [1.807, 2.05) is 204 Å². The topological polar surface area (TPSA) is 345 Å². The molecule has 0 fully saturated rings. The lowest BCUT2D eigenvalue weighted by molar-refractivity contribution is -0.0757. The number of benzene rings is 4. The lowest BCUT2D eigenvalue weighted by Crippen LogP contribution is -2.22. The summed E-state index contributed by atoms with van der Waals surface area (Å²) in [7, 11) is 0. The van der Waals surface area contributed by atoms with Gasteiger partial charge in [0.1, 0.15) is 75.4 Å². The van der Waals surface area contributed by atoms with Crippen molar-refractivity contribution in [1.29, 1.82) is 21.0 Å². The Morgan fingerprint density at radius 1 is 0.323 bits per heavy atom. The molecule has 0 N–H and O–H groups in total. The highest BCUT2D eigenvalue weighted by Gasteiger charge is 2.31. The molecule has 0 aliphatic heterocycles. The van der Waals surface area contributed by atoms with E-state index in [9.17, 15) is 40.2 Å². The first-order valence-electron chi connectivity index (χ1n) is 45.9. The van der Waals surface area contributed by atoms with Crippen LogP contribution in [0.2, 0.25) is 0 Å². The van der Waals surface area contributed by atoms with E-state index in [0.717, 1.165) is 77.1 Å². The quantitative estimate of drug-likeness (QED) is 0.00889. The molecule has 0 amide bonds. The summed E-state index contributed by atoms with van der Waals surface area (Å²) < 4.78 is 72.9. The minimum Gasteiger partial charge on any atom is -0.451 e. The number of carbonyl (C=O) groups excluding carboxylic acids is 4. The molecule has 4 aromatic carbocycles. The van der Waals surface area contributed by atoms with Crippen LogP contribution in [-0.4, -0.2) is 115 Å². The molecule has 0 saturated carbocycles. The van der Waals surface area contributed by atoms with E-state index < -0.39 is 49.8 Å². The van der Waals surface area contributed by atoms with E-state index in [4.69, 9.17) is 56.8 Å². The molecule has 0 aliphatic carbocycles. The number of aryl methyl sites for hydroxylation is 8. The standard InChI is InChI=1S/C27H37N3O4.3C26H35N3O4/c1-8-10-11-16-32-26(31)34-20(4)33-25(24-17-19(3)29-30(24)9-2)23(18-28)21-12-14-22(15-13-21)27(5,6)7;1-9-29-23(14-18(4)28-29)24(32-19(5)33-25(30)31-16-17(2)3)22(15-27)20-10-12-21(13-11-20)26(6,7)8;1-9-18(4)31-25(30)33-19(5)32-24(23-15-17(3)28-29(23)10-2)22(16-27)20-11-13-21(14-12-20)26(6,7)8;1-8-10-15-31-25(30)33-19(4)32-24(23-16-18(3)28-29(23)9-2)22(17-27)20-11-13-21(14-12-20)26(5,6)7/h12-15,17,20H,8-11,16H2,1-7H3;10-14,17,19H,9,16H2,1-8H3;11-15,18-19H,9-10H2,1-8H3;11-14,16,19H,8-10,15H2,1-7H3/b25-23-;3*24-22-. The lowest BCUT2D eigenvalue weighted by atomic mass is 9.86. The molecule has 0 spiro atoms. The van der Waals surface area contributed by atoms with Gasteiger partial charge in [-0.2, -0.15) is 41.4 Å². The van der Waals surface area contributed by atoms with Crippen LogP contribution < -0.4 is 0 Å². The van der Waals surface area contributed by atoms with Crippen LogP contribution in [0.25, 0.3) is 45.3 Å². The molecule has 0 saturated heterocycles. The number of nitrogens with zero attached hydrogens (tertiary/aromatic N) is 12. The summed E-state index contributed by atoms with van der Waals surface area (Å²) >= 11 is 0. The number of hydrogen-bond acceptors (Lipinski definition) is 24. The van der Waals surface area contributed by atoms with Crippen molar-refractivity contribution in [2.45, 2.75) is 325 Å². The third kappa shape index (κ3) is 34.5. The van der Waals surface area contributed by atoms with Gasteiger partial charge in [-0.3, -0.25) is 18.7 Å². The number of ether oxygens (including phenoxy) is 12. The van der Waals surface area contributed by atoms with Gasteiger partial charge in [-0.15, -0.1) is 0 Å². The zero-order chi connectivity index (χ0) is 99.4. The number of hydrogen-bond donors (Lipinski definition) is 0. The van der Waals surface area contributed by atoms with E-state index in [1.54, 1.807) is 53.3 Å². The van der Waals surface area contributed by atoms with Gasteiger partial charge in [0.15, 0.2) is 23.0 Å². The van der Waals surface area contributed by atoms with Crippen molar-refractivity contribution in [2.75, 3.05) is 19.8 Å². The van der Waals surface area contributed by atoms with Crippen LogP contribution in [0.4, 0.5) is 19.2 Å². The van der Waals surface area contributed by atoms with Crippen LogP contribution in [0, 0.1) is 78.9 Å². The molecule has 5 unspecified atom stereocenters. The minimum atomic E-state index is -0.978. The first-order chi connectivity index (χ1) is 62.6. The van der Waals surface area contributed by atoms with E-state index in [-0.39, 0.29) is 46.9 Å². The van der Waals surface area contributed by atoms with Gasteiger partial charge in [0.25, 0.3) is 0 Å². The highest BCUT2D eigenvalue weighted by molar-refractivity contribution is 5.97. The molecule has 8 aromatic rings. The van der Waals surface area contributed by atoms with E-state index in [1.165, 1.54) is 0 Å². The average Bonchev–Trinajstić information content (AvgIpc) is 1.74. The van der Waals surface area contributed by atoms with Crippen LogP contribution >= 0.6 is 0 Å². The predicted molar refractivity (Wildman–Crippen MR) is 517 cm³/mol. The van der Waals surface area contributed by atoms with Gasteiger partial charge in [0, 0.05) is 53.9 Å². The third-order valence-corrected chi connectivity index (χ3v) is 20.5. The van der Waals surface area contributed by atoms with E-state index >= 15 is 0 Å². The highest BCUT2D eigenvalue weighted by atomic mass is 16.8. The summed E-state index contributed by atoms with van der Waals surface area (Å²) in [6.07, 6.45) is -2.24. The average molecular weight is 1830 g/mol. The molecule has 8 rings (SSSR count). The number of allylic oxidation sites excluding steroid dienone is 4. The number of unbranched alkanes of at least 4 members (excludes halogenated alkanes) is 3. The van der Waals surface area contributed by atoms with Gasteiger partial charge >= 0.3 is 24.6 Å². The molecule has 0 aliphatic rings. The maximum atomic E-state index is 12.1.